The van der Waals surface area contributed by atoms with E-state index in [4.69, 9.17) is 9.47 Å². The third-order valence-electron chi connectivity index (χ3n) is 5.56. The van der Waals surface area contributed by atoms with Crippen LogP contribution in [0.1, 0.15) is 0 Å². The van der Waals surface area contributed by atoms with E-state index in [1.807, 2.05) is 42.5 Å². The van der Waals surface area contributed by atoms with E-state index in [0.29, 0.717) is 36.1 Å². The maximum absolute atomic E-state index is 13.2. The van der Waals surface area contributed by atoms with E-state index < -0.39 is 17.1 Å². The van der Waals surface area contributed by atoms with E-state index in [-0.39, 0.29) is 0 Å². The van der Waals surface area contributed by atoms with Crippen LogP contribution in [0.4, 0.5) is 5.69 Å². The van der Waals surface area contributed by atoms with E-state index in [0.717, 1.165) is 27.9 Å². The Bertz CT molecular complexity index is 1450. The van der Waals surface area contributed by atoms with Crippen LogP contribution in [0, 0.1) is 0 Å². The summed E-state index contributed by atoms with van der Waals surface area (Å²) in [5.74, 6) is 1.21. The second-order valence-corrected chi connectivity index (χ2v) is 7.71. The highest BCUT2D eigenvalue weighted by atomic mass is 16.5. The Morgan fingerprint density at radius 2 is 1.15 bits per heavy atom. The molecule has 0 aliphatic carbocycles. The molecule has 9 nitrogen and oxygen atoms in total. The van der Waals surface area contributed by atoms with Gasteiger partial charge in [-0.3, -0.25) is 4.98 Å². The Morgan fingerprint density at radius 3 is 1.74 bits per heavy atom. The second kappa shape index (κ2) is 9.24. The van der Waals surface area contributed by atoms with Crippen molar-refractivity contribution in [2.45, 2.75) is 0 Å². The molecule has 3 aromatic carbocycles. The molecule has 1 N–H and O–H groups in total. The summed E-state index contributed by atoms with van der Waals surface area (Å²) < 4.78 is 13.0. The fourth-order valence-corrected chi connectivity index (χ4v) is 3.85. The molecule has 0 amide bonds. The number of nitrogens with zero attached hydrogens (tertiary/aromatic N) is 3. The molecule has 1 saturated heterocycles. The highest BCUT2D eigenvalue weighted by molar-refractivity contribution is 5.51. The molecule has 1 aromatic heterocycles. The molecular formula is C25H22N4O5. The van der Waals surface area contributed by atoms with Gasteiger partial charge in [-0.1, -0.05) is 18.2 Å². The summed E-state index contributed by atoms with van der Waals surface area (Å²) in [6, 6.07) is 22.8. The zero-order valence-electron chi connectivity index (χ0n) is 18.2. The van der Waals surface area contributed by atoms with Crippen LogP contribution in [0.3, 0.4) is 0 Å². The minimum atomic E-state index is -0.812. The first-order valence-corrected chi connectivity index (χ1v) is 10.8. The van der Waals surface area contributed by atoms with Crippen LogP contribution in [0.15, 0.2) is 93.2 Å². The molecule has 0 unspecified atom stereocenters. The highest BCUT2D eigenvalue weighted by Gasteiger charge is 2.15. The first-order valence-electron chi connectivity index (χ1n) is 10.8. The third-order valence-corrected chi connectivity index (χ3v) is 5.56. The molecule has 5 rings (SSSR count). The number of rotatable bonds is 5. The first kappa shape index (κ1) is 21.5. The number of aromatic nitrogens is 3. The van der Waals surface area contributed by atoms with Crippen LogP contribution in [0.5, 0.6) is 11.5 Å². The van der Waals surface area contributed by atoms with Gasteiger partial charge in [-0.25, -0.2) is 23.5 Å². The summed E-state index contributed by atoms with van der Waals surface area (Å²) in [5, 5.41) is 0. The highest BCUT2D eigenvalue weighted by Crippen LogP contribution is 2.22. The summed E-state index contributed by atoms with van der Waals surface area (Å²) in [5.41, 5.74) is -0.725. The Kier molecular flexibility index (Phi) is 5.84. The van der Waals surface area contributed by atoms with Crippen molar-refractivity contribution in [2.24, 2.45) is 0 Å². The van der Waals surface area contributed by atoms with Gasteiger partial charge in [0.05, 0.1) is 24.6 Å². The molecule has 0 spiro atoms. The van der Waals surface area contributed by atoms with Gasteiger partial charge in [0.1, 0.15) is 11.5 Å². The summed E-state index contributed by atoms with van der Waals surface area (Å²) in [7, 11) is 0. The van der Waals surface area contributed by atoms with Crippen molar-refractivity contribution in [3.8, 4) is 22.9 Å². The molecule has 1 aliphatic rings. The van der Waals surface area contributed by atoms with Crippen molar-refractivity contribution in [1.82, 2.24) is 14.1 Å². The lowest BCUT2D eigenvalue weighted by Crippen LogP contribution is -2.48. The topological polar surface area (TPSA) is 98.6 Å². The monoisotopic (exact) mass is 458 g/mol. The Morgan fingerprint density at radius 1 is 0.647 bits per heavy atom. The Labute approximate surface area is 194 Å². The Balaban J connectivity index is 1.47. The van der Waals surface area contributed by atoms with Gasteiger partial charge in [-0.05, 0) is 60.7 Å². The van der Waals surface area contributed by atoms with Gasteiger partial charge >= 0.3 is 17.1 Å². The van der Waals surface area contributed by atoms with Crippen molar-refractivity contribution in [2.75, 3.05) is 31.2 Å². The summed E-state index contributed by atoms with van der Waals surface area (Å²) in [4.78, 5) is 42.7. The van der Waals surface area contributed by atoms with Crippen LogP contribution in [-0.2, 0) is 4.74 Å². The van der Waals surface area contributed by atoms with Crippen molar-refractivity contribution in [1.29, 1.82) is 0 Å². The molecule has 1 aliphatic heterocycles. The van der Waals surface area contributed by atoms with Crippen LogP contribution in [0.2, 0.25) is 0 Å². The molecular weight excluding hydrogens is 436 g/mol. The SMILES string of the molecule is O=c1[nH]c(=O)n(-c2ccc(N3CCOCC3)cc2)c(=O)n1-c1ccc(Oc2ccccc2)cc1. The van der Waals surface area contributed by atoms with Crippen molar-refractivity contribution >= 4 is 5.69 Å². The third kappa shape index (κ3) is 4.28. The van der Waals surface area contributed by atoms with E-state index >= 15 is 0 Å². The number of morpholine rings is 1. The number of H-pyrrole nitrogens is 1. The lowest BCUT2D eigenvalue weighted by molar-refractivity contribution is 0.122. The molecule has 4 aromatic rings. The average molecular weight is 458 g/mol. The van der Waals surface area contributed by atoms with E-state index in [1.54, 1.807) is 36.4 Å². The molecule has 1 fully saturated rings. The van der Waals surface area contributed by atoms with E-state index in [9.17, 15) is 14.4 Å². The number of aromatic amines is 1. The lowest BCUT2D eigenvalue weighted by atomic mass is 10.2. The van der Waals surface area contributed by atoms with Gasteiger partial charge in [0.25, 0.3) is 0 Å². The van der Waals surface area contributed by atoms with Crippen molar-refractivity contribution < 1.29 is 9.47 Å². The van der Waals surface area contributed by atoms with E-state index in [1.165, 1.54) is 0 Å². The number of anilines is 1. The normalized spacial score (nSPS) is 13.6. The van der Waals surface area contributed by atoms with Crippen molar-refractivity contribution in [3.63, 3.8) is 0 Å². The smallest absolute Gasteiger partial charge is 0.345 e. The standard InChI is InChI=1S/C25H22N4O5/c30-23-26-24(31)29(20-10-12-22(13-11-20)34-21-4-2-1-3-5-21)25(32)28(23)19-8-6-18(7-9-19)27-14-16-33-17-15-27/h1-13H,14-17H2,(H,26,30,31). The fourth-order valence-electron chi connectivity index (χ4n) is 3.85. The second-order valence-electron chi connectivity index (χ2n) is 7.71. The molecule has 9 heteroatoms. The molecule has 34 heavy (non-hydrogen) atoms. The minimum absolute atomic E-state index is 0.311. The Hall–Kier alpha value is -4.37. The first-order chi connectivity index (χ1) is 16.6. The fraction of sp³-hybridized carbons (Fsp3) is 0.160. The van der Waals surface area contributed by atoms with Gasteiger partial charge in [0, 0.05) is 18.8 Å². The van der Waals surface area contributed by atoms with Crippen molar-refractivity contribution in [3.05, 3.63) is 110 Å². The van der Waals surface area contributed by atoms with Gasteiger partial charge in [-0.15, -0.1) is 0 Å². The number of nitrogens with one attached hydrogen (secondary N) is 1. The average Bonchev–Trinajstić information content (AvgIpc) is 2.86. The van der Waals surface area contributed by atoms with Gasteiger partial charge < -0.3 is 14.4 Å². The molecule has 0 saturated carbocycles. The van der Waals surface area contributed by atoms with Crippen LogP contribution in [-0.4, -0.2) is 40.4 Å². The summed E-state index contributed by atoms with van der Waals surface area (Å²) >= 11 is 0. The zero-order chi connectivity index (χ0) is 23.5. The molecule has 172 valence electrons. The predicted octanol–water partition coefficient (Wildman–Crippen LogP) is 2.31. The largest absolute Gasteiger partial charge is 0.457 e. The summed E-state index contributed by atoms with van der Waals surface area (Å²) in [6.45, 7) is 2.85. The number of hydrogen-bond acceptors (Lipinski definition) is 6. The maximum atomic E-state index is 13.2. The van der Waals surface area contributed by atoms with Crippen LogP contribution in [0.25, 0.3) is 11.4 Å². The zero-order valence-corrected chi connectivity index (χ0v) is 18.2. The molecule has 0 bridgehead atoms. The van der Waals surface area contributed by atoms with Gasteiger partial charge in [-0.2, -0.15) is 0 Å². The summed E-state index contributed by atoms with van der Waals surface area (Å²) in [6.07, 6.45) is 0. The lowest BCUT2D eigenvalue weighted by Gasteiger charge is -2.28. The van der Waals surface area contributed by atoms with Gasteiger partial charge in [0.15, 0.2) is 0 Å². The molecule has 0 radical (unpaired) electrons. The van der Waals surface area contributed by atoms with Crippen LogP contribution >= 0.6 is 0 Å². The number of hydrogen-bond donors (Lipinski definition) is 1. The van der Waals surface area contributed by atoms with E-state index in [2.05, 4.69) is 9.88 Å². The van der Waals surface area contributed by atoms with Gasteiger partial charge in [0.2, 0.25) is 0 Å². The quantitative estimate of drug-likeness (QED) is 0.493. The molecule has 2 heterocycles. The number of benzene rings is 3. The molecule has 0 atom stereocenters. The number of ether oxygens (including phenoxy) is 2. The predicted molar refractivity (Wildman–Crippen MR) is 128 cm³/mol. The van der Waals surface area contributed by atoms with Crippen LogP contribution < -0.4 is 26.7 Å². The minimum Gasteiger partial charge on any atom is -0.457 e. The number of para-hydroxylation sites is 1. The maximum Gasteiger partial charge on any atom is 0.345 e.